The Morgan fingerprint density at radius 3 is 2.66 bits per heavy atom. The number of carbonyl (C=O) groups excluding carboxylic acids is 1. The Morgan fingerprint density at radius 2 is 1.97 bits per heavy atom. The highest BCUT2D eigenvalue weighted by molar-refractivity contribution is 9.10. The van der Waals surface area contributed by atoms with E-state index in [9.17, 15) is 19.1 Å². The number of hydrogen-bond acceptors (Lipinski definition) is 4. The Bertz CT molecular complexity index is 1260. The minimum absolute atomic E-state index is 0.0107. The normalized spacial score (nSPS) is 25.6. The zero-order chi connectivity index (χ0) is 27.7. The molecule has 8 heteroatoms. The highest BCUT2D eigenvalue weighted by atomic mass is 79.9. The highest BCUT2D eigenvalue weighted by Crippen LogP contribution is 2.58. The number of nitrogens with one attached hydrogen (secondary N) is 1. The van der Waals surface area contributed by atoms with Crippen LogP contribution in [0.15, 0.2) is 46.0 Å². The molecule has 1 saturated carbocycles. The molecule has 0 unspecified atom stereocenters. The van der Waals surface area contributed by atoms with Gasteiger partial charge in [0.25, 0.3) is 5.91 Å². The summed E-state index contributed by atoms with van der Waals surface area (Å²) in [5, 5.41) is 17.5. The average molecular weight is 588 g/mol. The number of benzene rings is 2. The smallest absolute Gasteiger partial charge is 0.309 e. The van der Waals surface area contributed by atoms with Gasteiger partial charge in [0.1, 0.15) is 12.4 Å². The first-order chi connectivity index (χ1) is 18.0. The van der Waals surface area contributed by atoms with Gasteiger partial charge in [-0.15, -0.1) is 0 Å². The van der Waals surface area contributed by atoms with Gasteiger partial charge >= 0.3 is 5.97 Å². The second kappa shape index (κ2) is 11.2. The first-order valence-corrected chi connectivity index (χ1v) is 14.1. The molecule has 204 valence electrons. The largest absolute Gasteiger partial charge is 0.481 e. The Balaban J connectivity index is 1.54. The number of aliphatic carboxylic acids is 1. The number of rotatable bonds is 8. The Hall–Kier alpha value is -2.74. The van der Waals surface area contributed by atoms with E-state index in [1.165, 1.54) is 17.7 Å². The molecule has 1 amide bonds. The van der Waals surface area contributed by atoms with Crippen molar-refractivity contribution >= 4 is 33.5 Å². The number of oxime groups is 1. The number of nitrogens with zero attached hydrogens (tertiary/aromatic N) is 1. The summed E-state index contributed by atoms with van der Waals surface area (Å²) in [4.78, 5) is 30.4. The zero-order valence-electron chi connectivity index (χ0n) is 22.4. The van der Waals surface area contributed by atoms with E-state index in [1.807, 2.05) is 6.92 Å². The second-order valence-electron chi connectivity index (χ2n) is 11.3. The maximum Gasteiger partial charge on any atom is 0.309 e. The summed E-state index contributed by atoms with van der Waals surface area (Å²) >= 11 is 3.76. The van der Waals surface area contributed by atoms with Crippen LogP contribution in [-0.2, 0) is 15.0 Å². The van der Waals surface area contributed by atoms with E-state index in [1.54, 1.807) is 12.1 Å². The van der Waals surface area contributed by atoms with Crippen molar-refractivity contribution in [3.8, 4) is 0 Å². The minimum Gasteiger partial charge on any atom is -0.481 e. The fourth-order valence-corrected chi connectivity index (χ4v) is 7.04. The lowest BCUT2D eigenvalue weighted by atomic mass is 9.49. The Morgan fingerprint density at radius 1 is 1.24 bits per heavy atom. The van der Waals surface area contributed by atoms with Crippen molar-refractivity contribution in [1.29, 1.82) is 0 Å². The molecule has 0 bridgehead atoms. The molecule has 4 rings (SSSR count). The van der Waals surface area contributed by atoms with Crippen LogP contribution in [0, 0.1) is 17.2 Å². The molecule has 3 atom stereocenters. The van der Waals surface area contributed by atoms with Crippen molar-refractivity contribution in [3.63, 3.8) is 0 Å². The summed E-state index contributed by atoms with van der Waals surface area (Å²) in [6, 6.07) is 10.2. The van der Waals surface area contributed by atoms with Gasteiger partial charge in [0.15, 0.2) is 0 Å². The third-order valence-electron chi connectivity index (χ3n) is 8.49. The van der Waals surface area contributed by atoms with Crippen LogP contribution in [0.2, 0.25) is 0 Å². The topological polar surface area (TPSA) is 88.0 Å². The number of carboxylic acid groups (broad SMARTS) is 1. The van der Waals surface area contributed by atoms with Crippen LogP contribution in [0.25, 0.3) is 0 Å². The molecule has 1 fully saturated rings. The summed E-state index contributed by atoms with van der Waals surface area (Å²) in [6.45, 7) is 8.94. The summed E-state index contributed by atoms with van der Waals surface area (Å²) in [7, 11) is 0. The van der Waals surface area contributed by atoms with E-state index in [4.69, 9.17) is 4.84 Å². The van der Waals surface area contributed by atoms with Crippen LogP contribution in [-0.4, -0.2) is 35.8 Å². The number of amides is 1. The zero-order valence-corrected chi connectivity index (χ0v) is 24.0. The van der Waals surface area contributed by atoms with Crippen molar-refractivity contribution in [2.75, 3.05) is 13.2 Å². The van der Waals surface area contributed by atoms with Crippen LogP contribution in [0.3, 0.4) is 0 Å². The number of halogens is 2. The van der Waals surface area contributed by atoms with Gasteiger partial charge in [-0.2, -0.15) is 0 Å². The summed E-state index contributed by atoms with van der Waals surface area (Å²) in [6.07, 6.45) is 3.45. The van der Waals surface area contributed by atoms with Crippen molar-refractivity contribution < 1.29 is 23.9 Å². The molecule has 0 aromatic heterocycles. The van der Waals surface area contributed by atoms with E-state index in [0.29, 0.717) is 31.7 Å². The number of fused-ring (bicyclic) bond motifs is 3. The van der Waals surface area contributed by atoms with Crippen LogP contribution >= 0.6 is 15.9 Å². The fourth-order valence-electron chi connectivity index (χ4n) is 6.24. The van der Waals surface area contributed by atoms with E-state index in [-0.39, 0.29) is 23.5 Å². The van der Waals surface area contributed by atoms with Crippen LogP contribution < -0.4 is 5.32 Å². The van der Waals surface area contributed by atoms with Gasteiger partial charge in [-0.25, -0.2) is 4.39 Å². The number of carboxylic acids is 1. The molecule has 2 aliphatic rings. The highest BCUT2D eigenvalue weighted by Gasteiger charge is 2.56. The van der Waals surface area contributed by atoms with Gasteiger partial charge in [-0.05, 0) is 78.8 Å². The second-order valence-corrected chi connectivity index (χ2v) is 12.1. The number of carbonyl (C=O) groups is 2. The Kier molecular flexibility index (Phi) is 8.31. The lowest BCUT2D eigenvalue weighted by molar-refractivity contribution is -0.156. The molecule has 6 nitrogen and oxygen atoms in total. The van der Waals surface area contributed by atoms with E-state index >= 15 is 0 Å². The molecule has 0 aliphatic heterocycles. The lowest BCUT2D eigenvalue weighted by Crippen LogP contribution is -2.53. The minimum atomic E-state index is -0.856. The van der Waals surface area contributed by atoms with Gasteiger partial charge in [0, 0.05) is 23.0 Å². The van der Waals surface area contributed by atoms with Crippen molar-refractivity contribution in [2.45, 2.75) is 71.1 Å². The molecule has 0 radical (unpaired) electrons. The molecule has 0 spiro atoms. The maximum atomic E-state index is 13.8. The molecule has 2 aromatic rings. The SMILES string of the molecule is CC(C)c1cc2c(cc1Br)[C@@]1(C)CCC[C@@](C)(C(=O)O)[C@@H]1C/C2=N\OCCCNC(=O)c1ccccc1F. The van der Waals surface area contributed by atoms with E-state index in [0.717, 1.165) is 34.2 Å². The van der Waals surface area contributed by atoms with Crippen molar-refractivity contribution in [1.82, 2.24) is 5.32 Å². The van der Waals surface area contributed by atoms with Gasteiger partial charge in [-0.1, -0.05) is 60.4 Å². The summed E-state index contributed by atoms with van der Waals surface area (Å²) < 4.78 is 14.8. The maximum absolute atomic E-state index is 13.8. The molecule has 0 saturated heterocycles. The number of hydrogen-bond donors (Lipinski definition) is 2. The van der Waals surface area contributed by atoms with E-state index < -0.39 is 23.1 Å². The van der Waals surface area contributed by atoms with Gasteiger partial charge in [0.2, 0.25) is 0 Å². The third kappa shape index (κ3) is 5.24. The summed E-state index contributed by atoms with van der Waals surface area (Å²) in [5.74, 6) is -1.60. The molecule has 38 heavy (non-hydrogen) atoms. The van der Waals surface area contributed by atoms with Crippen molar-refractivity contribution in [3.05, 3.63) is 68.9 Å². The van der Waals surface area contributed by atoms with Gasteiger partial charge < -0.3 is 15.3 Å². The van der Waals surface area contributed by atoms with Crippen LogP contribution in [0.4, 0.5) is 4.39 Å². The van der Waals surface area contributed by atoms with Crippen LogP contribution in [0.5, 0.6) is 0 Å². The third-order valence-corrected chi connectivity index (χ3v) is 9.18. The lowest BCUT2D eigenvalue weighted by Gasteiger charge is -2.53. The van der Waals surface area contributed by atoms with E-state index in [2.05, 4.69) is 59.3 Å². The molecular formula is C30H36BrFN2O4. The predicted molar refractivity (Wildman–Crippen MR) is 149 cm³/mol. The van der Waals surface area contributed by atoms with Crippen molar-refractivity contribution in [2.24, 2.45) is 16.5 Å². The molecule has 0 heterocycles. The summed E-state index contributed by atoms with van der Waals surface area (Å²) in [5.41, 5.74) is 2.96. The van der Waals surface area contributed by atoms with Gasteiger partial charge in [0.05, 0.1) is 16.7 Å². The van der Waals surface area contributed by atoms with Crippen LogP contribution in [0.1, 0.15) is 92.8 Å². The first kappa shape index (κ1) is 28.3. The molecule has 2 aromatic carbocycles. The molecule has 2 aliphatic carbocycles. The first-order valence-electron chi connectivity index (χ1n) is 13.3. The molecule has 2 N–H and O–H groups in total. The fraction of sp³-hybridized carbons (Fsp3) is 0.500. The molecular weight excluding hydrogens is 551 g/mol. The monoisotopic (exact) mass is 586 g/mol. The standard InChI is InChI=1S/C30H36BrFN2O4/c1-18(2)20-15-21-22(16-23(20)31)29(3)11-7-12-30(4,28(36)37)26(29)17-25(21)34-38-14-8-13-33-27(35)19-9-5-6-10-24(19)32/h5-6,9-10,15-16,18,26H,7-8,11-14,17H2,1-4H3,(H,33,35)(H,36,37)/b34-25+/t26-,29-,30-/m1/s1. The Labute approximate surface area is 232 Å². The average Bonchev–Trinajstić information content (AvgIpc) is 2.86. The quantitative estimate of drug-likeness (QED) is 0.263. The van der Waals surface area contributed by atoms with Gasteiger partial charge in [-0.3, -0.25) is 9.59 Å². The predicted octanol–water partition coefficient (Wildman–Crippen LogP) is 6.80.